The molecule has 1 rings (SSSR count). The zero-order chi connectivity index (χ0) is 7.83. The minimum atomic E-state index is -1.18. The largest absolute Gasteiger partial charge is 0.420 e. The molecule has 0 aromatic heterocycles. The molecule has 1 fully saturated rings. The van der Waals surface area contributed by atoms with Gasteiger partial charge in [0, 0.05) is 6.61 Å². The van der Waals surface area contributed by atoms with Crippen LogP contribution in [0.3, 0.4) is 0 Å². The molecule has 0 saturated carbocycles. The predicted molar refractivity (Wildman–Crippen MR) is 55.4 cm³/mol. The van der Waals surface area contributed by atoms with Crippen LogP contribution in [0.1, 0.15) is 6.42 Å². The van der Waals surface area contributed by atoms with Crippen LogP contribution >= 0.6 is 0 Å². The maximum Gasteiger partial charge on any atom is 0.173 e. The van der Waals surface area contributed by atoms with E-state index in [1.807, 2.05) is 0 Å². The van der Waals surface area contributed by atoms with Crippen molar-refractivity contribution in [3.8, 4) is 0 Å². The van der Waals surface area contributed by atoms with E-state index in [2.05, 4.69) is 26.2 Å². The highest BCUT2D eigenvalue weighted by atomic mass is 29.3. The monoisotopic (exact) mass is 191 g/mol. The maximum atomic E-state index is 5.88. The molecule has 1 aliphatic heterocycles. The van der Waals surface area contributed by atoms with Crippen molar-refractivity contribution in [3.63, 3.8) is 0 Å². The maximum absolute atomic E-state index is 5.88. The van der Waals surface area contributed by atoms with Crippen LogP contribution in [0, 0.1) is 0 Å². The smallest absolute Gasteiger partial charge is 0.173 e. The fourth-order valence-electron chi connectivity index (χ4n) is 1.34. The van der Waals surface area contributed by atoms with Crippen LogP contribution < -0.4 is 6.15 Å². The van der Waals surface area contributed by atoms with Gasteiger partial charge in [-0.25, -0.2) is 0 Å². The Morgan fingerprint density at radius 1 is 1.09 bits per heavy atom. The van der Waals surface area contributed by atoms with E-state index in [4.69, 9.17) is 4.43 Å². The summed E-state index contributed by atoms with van der Waals surface area (Å²) >= 11 is 0. The molecule has 0 bridgehead atoms. The lowest BCUT2D eigenvalue weighted by Crippen LogP contribution is -2.59. The third-order valence-electron chi connectivity index (χ3n) is 3.04. The summed E-state index contributed by atoms with van der Waals surface area (Å²) in [6.07, 6.45) is 1.32. The van der Waals surface area contributed by atoms with Gasteiger partial charge in [0.05, 0.1) is 7.59 Å². The Balaban J connectivity index is 0.000001000. The van der Waals surface area contributed by atoms with Crippen LogP contribution in [-0.2, 0) is 4.43 Å². The second-order valence-corrected chi connectivity index (χ2v) is 19.6. The van der Waals surface area contributed by atoms with E-state index in [-0.39, 0.29) is 6.15 Å². The molecule has 2 nitrogen and oxygen atoms in total. The van der Waals surface area contributed by atoms with Gasteiger partial charge in [0.25, 0.3) is 0 Å². The summed E-state index contributed by atoms with van der Waals surface area (Å²) in [4.78, 5) is 0. The van der Waals surface area contributed by atoms with Crippen molar-refractivity contribution in [1.29, 1.82) is 0 Å². The first-order chi connectivity index (χ1) is 4.46. The molecule has 1 saturated heterocycles. The molecule has 3 N–H and O–H groups in total. The summed E-state index contributed by atoms with van der Waals surface area (Å²) in [5.74, 6) is 0. The van der Waals surface area contributed by atoms with Crippen LogP contribution in [0.2, 0.25) is 32.2 Å². The van der Waals surface area contributed by atoms with E-state index in [1.54, 1.807) is 0 Å². The lowest BCUT2D eigenvalue weighted by molar-refractivity contribution is 0.307. The molecular formula is C7H21NOSi2. The second-order valence-electron chi connectivity index (χ2n) is 4.35. The molecule has 0 atom stereocenters. The Labute approximate surface area is 71.8 Å². The average molecular weight is 191 g/mol. The Morgan fingerprint density at radius 2 is 1.64 bits per heavy atom. The van der Waals surface area contributed by atoms with Crippen molar-refractivity contribution in [3.05, 3.63) is 0 Å². The highest BCUT2D eigenvalue weighted by molar-refractivity contribution is 7.38. The first-order valence-electron chi connectivity index (χ1n) is 4.10. The number of hydrogen-bond acceptors (Lipinski definition) is 2. The lowest BCUT2D eigenvalue weighted by atomic mass is 10.5. The molecule has 0 aromatic rings. The fraction of sp³-hybridized carbons (Fsp3) is 1.00. The Morgan fingerprint density at radius 3 is 1.91 bits per heavy atom. The van der Waals surface area contributed by atoms with E-state index >= 15 is 0 Å². The van der Waals surface area contributed by atoms with E-state index in [0.717, 1.165) is 6.61 Å². The summed E-state index contributed by atoms with van der Waals surface area (Å²) in [5, 5.41) is 0. The summed E-state index contributed by atoms with van der Waals surface area (Å²) in [5.41, 5.74) is 0. The first-order valence-corrected chi connectivity index (χ1v) is 11.2. The average Bonchev–Trinajstić information content (AvgIpc) is 1.77. The minimum absolute atomic E-state index is 0. The van der Waals surface area contributed by atoms with Gasteiger partial charge in [-0.05, 0) is 19.5 Å². The van der Waals surface area contributed by atoms with Crippen LogP contribution in [0.4, 0.5) is 0 Å². The van der Waals surface area contributed by atoms with Gasteiger partial charge in [-0.2, -0.15) is 0 Å². The molecule has 0 spiro atoms. The third kappa shape index (κ3) is 2.14. The molecule has 0 radical (unpaired) electrons. The Kier molecular flexibility index (Phi) is 3.50. The van der Waals surface area contributed by atoms with E-state index in [1.165, 1.54) is 12.5 Å². The topological polar surface area (TPSA) is 44.2 Å². The molecule has 0 aromatic carbocycles. The van der Waals surface area contributed by atoms with Gasteiger partial charge in [-0.3, -0.25) is 0 Å². The molecule has 1 heterocycles. The van der Waals surface area contributed by atoms with Gasteiger partial charge in [0.2, 0.25) is 0 Å². The summed E-state index contributed by atoms with van der Waals surface area (Å²) in [7, 11) is -2.08. The van der Waals surface area contributed by atoms with E-state index in [0.29, 0.717) is 0 Å². The predicted octanol–water partition coefficient (Wildman–Crippen LogP) is 2.56. The minimum Gasteiger partial charge on any atom is -0.420 e. The zero-order valence-corrected chi connectivity index (χ0v) is 10.2. The quantitative estimate of drug-likeness (QED) is 0.598. The van der Waals surface area contributed by atoms with Gasteiger partial charge < -0.3 is 10.6 Å². The molecular weight excluding hydrogens is 170 g/mol. The second kappa shape index (κ2) is 3.39. The van der Waals surface area contributed by atoms with Crippen molar-refractivity contribution in [2.24, 2.45) is 0 Å². The Hall–Kier alpha value is 0.354. The molecule has 4 heteroatoms. The van der Waals surface area contributed by atoms with Gasteiger partial charge in [0.1, 0.15) is 0 Å². The van der Waals surface area contributed by atoms with Gasteiger partial charge in [0.15, 0.2) is 7.83 Å². The lowest BCUT2D eigenvalue weighted by Gasteiger charge is -2.41. The standard InChI is InChI=1S/C7H18OSi2.H3N/c1-9(2)7-5-6-8-10(9,3)4;/h5-7H2,1-4H3;1H3. The van der Waals surface area contributed by atoms with Crippen LogP contribution in [0.5, 0.6) is 0 Å². The molecule has 0 aliphatic carbocycles. The molecule has 1 aliphatic rings. The first kappa shape index (κ1) is 11.4. The van der Waals surface area contributed by atoms with Crippen molar-refractivity contribution in [2.45, 2.75) is 38.7 Å². The SMILES string of the molecule is C[Si]1(C)CCCO[Si]1(C)C.N. The molecule has 68 valence electrons. The normalized spacial score (nSPS) is 27.3. The van der Waals surface area contributed by atoms with Gasteiger partial charge in [-0.1, -0.05) is 19.1 Å². The van der Waals surface area contributed by atoms with Crippen molar-refractivity contribution >= 4 is 15.4 Å². The summed E-state index contributed by atoms with van der Waals surface area (Å²) in [6.45, 7) is 10.8. The number of rotatable bonds is 0. The highest BCUT2D eigenvalue weighted by Gasteiger charge is 2.44. The van der Waals surface area contributed by atoms with Crippen molar-refractivity contribution in [2.75, 3.05) is 6.61 Å². The van der Waals surface area contributed by atoms with Crippen molar-refractivity contribution in [1.82, 2.24) is 6.15 Å². The van der Waals surface area contributed by atoms with Crippen molar-refractivity contribution < 1.29 is 4.43 Å². The molecule has 0 amide bonds. The van der Waals surface area contributed by atoms with Gasteiger partial charge in [-0.15, -0.1) is 0 Å². The van der Waals surface area contributed by atoms with Crippen LogP contribution in [-0.4, -0.2) is 22.0 Å². The Bertz CT molecular complexity index is 120. The number of hydrogen-bond donors (Lipinski definition) is 1. The van der Waals surface area contributed by atoms with Crippen LogP contribution in [0.25, 0.3) is 0 Å². The van der Waals surface area contributed by atoms with Crippen LogP contribution in [0.15, 0.2) is 0 Å². The summed E-state index contributed by atoms with van der Waals surface area (Å²) in [6, 6.07) is 1.49. The third-order valence-corrected chi connectivity index (χ3v) is 19.8. The fourth-order valence-corrected chi connectivity index (χ4v) is 7.83. The highest BCUT2D eigenvalue weighted by Crippen LogP contribution is 2.29. The van der Waals surface area contributed by atoms with Gasteiger partial charge >= 0.3 is 0 Å². The van der Waals surface area contributed by atoms with E-state index in [9.17, 15) is 0 Å². The van der Waals surface area contributed by atoms with E-state index < -0.39 is 15.4 Å². The summed E-state index contributed by atoms with van der Waals surface area (Å²) < 4.78 is 5.88. The zero-order valence-electron chi connectivity index (χ0n) is 8.24. The molecule has 11 heavy (non-hydrogen) atoms. The molecule has 0 unspecified atom stereocenters.